The molecule has 3 nitrogen and oxygen atoms in total. The van der Waals surface area contributed by atoms with Crippen LogP contribution in [-0.4, -0.2) is 4.98 Å². The zero-order valence-corrected chi connectivity index (χ0v) is 11.7. The highest BCUT2D eigenvalue weighted by atomic mass is 35.5. The maximum atomic E-state index is 8.88. The first-order valence-electron chi connectivity index (χ1n) is 5.46. The average Bonchev–Trinajstić information content (AvgIpc) is 2.67. The van der Waals surface area contributed by atoms with E-state index < -0.39 is 0 Å². The van der Waals surface area contributed by atoms with E-state index in [2.05, 4.69) is 30.2 Å². The van der Waals surface area contributed by atoms with Crippen LogP contribution in [0.15, 0.2) is 18.3 Å². The summed E-state index contributed by atoms with van der Waals surface area (Å²) >= 11 is 7.82. The second-order valence-electron chi connectivity index (χ2n) is 3.94. The van der Waals surface area contributed by atoms with Crippen LogP contribution in [0.25, 0.3) is 0 Å². The summed E-state index contributed by atoms with van der Waals surface area (Å²) < 4.78 is 0. The predicted molar refractivity (Wildman–Crippen MR) is 75.1 cm³/mol. The summed E-state index contributed by atoms with van der Waals surface area (Å²) in [5, 5.41) is 12.4. The second kappa shape index (κ2) is 5.38. The van der Waals surface area contributed by atoms with Gasteiger partial charge in [0.1, 0.15) is 16.9 Å². The van der Waals surface area contributed by atoms with Crippen molar-refractivity contribution in [2.45, 2.75) is 20.4 Å². The lowest BCUT2D eigenvalue weighted by molar-refractivity contribution is 1.14. The second-order valence-corrected chi connectivity index (χ2v) is 5.66. The SMILES string of the molecule is Cc1cc(CNc2nccc(C#N)c2Cl)sc1C. The Morgan fingerprint density at radius 2 is 2.28 bits per heavy atom. The van der Waals surface area contributed by atoms with E-state index in [0.717, 1.165) is 0 Å². The topological polar surface area (TPSA) is 48.7 Å². The number of halogens is 1. The van der Waals surface area contributed by atoms with Gasteiger partial charge in [0.05, 0.1) is 12.1 Å². The molecule has 0 spiro atoms. The number of rotatable bonds is 3. The standard InChI is InChI=1S/C13H12ClN3S/c1-8-5-11(18-9(8)2)7-17-13-12(14)10(6-15)3-4-16-13/h3-5H,7H2,1-2H3,(H,16,17). The smallest absolute Gasteiger partial charge is 0.146 e. The van der Waals surface area contributed by atoms with Gasteiger partial charge >= 0.3 is 0 Å². The maximum absolute atomic E-state index is 8.88. The molecular weight excluding hydrogens is 266 g/mol. The Bertz CT molecular complexity index is 594. The number of nitrogens with one attached hydrogen (secondary N) is 1. The molecule has 2 heterocycles. The minimum absolute atomic E-state index is 0.380. The van der Waals surface area contributed by atoms with Gasteiger partial charge in [0.25, 0.3) is 0 Å². The summed E-state index contributed by atoms with van der Waals surface area (Å²) in [5.41, 5.74) is 1.73. The van der Waals surface area contributed by atoms with Crippen molar-refractivity contribution in [3.05, 3.63) is 44.2 Å². The van der Waals surface area contributed by atoms with E-state index in [9.17, 15) is 0 Å². The summed E-state index contributed by atoms with van der Waals surface area (Å²) in [6.45, 7) is 4.86. The molecule has 2 aromatic rings. The molecule has 0 saturated carbocycles. The summed E-state index contributed by atoms with van der Waals surface area (Å²) in [6.07, 6.45) is 1.58. The number of nitrogens with zero attached hydrogens (tertiary/aromatic N) is 2. The molecule has 0 saturated heterocycles. The van der Waals surface area contributed by atoms with Gasteiger partial charge in [-0.1, -0.05) is 11.6 Å². The van der Waals surface area contributed by atoms with Crippen molar-refractivity contribution in [3.8, 4) is 6.07 Å². The molecule has 0 atom stereocenters. The average molecular weight is 278 g/mol. The predicted octanol–water partition coefficient (Wildman–Crippen LogP) is 3.90. The van der Waals surface area contributed by atoms with Crippen molar-refractivity contribution in [2.24, 2.45) is 0 Å². The van der Waals surface area contributed by atoms with Crippen LogP contribution in [0.4, 0.5) is 5.82 Å². The van der Waals surface area contributed by atoms with E-state index in [4.69, 9.17) is 16.9 Å². The molecule has 1 N–H and O–H groups in total. The third-order valence-electron chi connectivity index (χ3n) is 2.66. The van der Waals surface area contributed by atoms with Gasteiger partial charge in [0.2, 0.25) is 0 Å². The van der Waals surface area contributed by atoms with Gasteiger partial charge < -0.3 is 5.32 Å². The molecule has 2 aromatic heterocycles. The van der Waals surface area contributed by atoms with Crippen LogP contribution in [-0.2, 0) is 6.54 Å². The lowest BCUT2D eigenvalue weighted by Gasteiger charge is -2.06. The number of aromatic nitrogens is 1. The highest BCUT2D eigenvalue weighted by Gasteiger charge is 2.07. The van der Waals surface area contributed by atoms with Crippen molar-refractivity contribution in [1.82, 2.24) is 4.98 Å². The largest absolute Gasteiger partial charge is 0.364 e. The summed E-state index contributed by atoms with van der Waals surface area (Å²) in [7, 11) is 0. The van der Waals surface area contributed by atoms with Gasteiger partial charge in [-0.3, -0.25) is 0 Å². The van der Waals surface area contributed by atoms with Gasteiger partial charge in [-0.2, -0.15) is 5.26 Å². The molecule has 0 fully saturated rings. The first-order valence-corrected chi connectivity index (χ1v) is 6.65. The Hall–Kier alpha value is -1.57. The van der Waals surface area contributed by atoms with Crippen molar-refractivity contribution >= 4 is 28.8 Å². The molecule has 18 heavy (non-hydrogen) atoms. The molecule has 0 unspecified atom stereocenters. The van der Waals surface area contributed by atoms with Crippen LogP contribution in [0, 0.1) is 25.2 Å². The van der Waals surface area contributed by atoms with E-state index >= 15 is 0 Å². The van der Waals surface area contributed by atoms with Crippen molar-refractivity contribution in [1.29, 1.82) is 5.26 Å². The molecular formula is C13H12ClN3S. The Balaban J connectivity index is 2.14. The van der Waals surface area contributed by atoms with Gasteiger partial charge in [0.15, 0.2) is 0 Å². The fourth-order valence-electron chi connectivity index (χ4n) is 1.56. The lowest BCUT2D eigenvalue weighted by Crippen LogP contribution is -2.01. The van der Waals surface area contributed by atoms with Crippen LogP contribution in [0.3, 0.4) is 0 Å². The third kappa shape index (κ3) is 2.63. The van der Waals surface area contributed by atoms with Crippen molar-refractivity contribution in [3.63, 3.8) is 0 Å². The van der Waals surface area contributed by atoms with Crippen molar-refractivity contribution in [2.75, 3.05) is 5.32 Å². The van der Waals surface area contributed by atoms with Gasteiger partial charge in [-0.05, 0) is 31.5 Å². The number of hydrogen-bond donors (Lipinski definition) is 1. The quantitative estimate of drug-likeness (QED) is 0.926. The first-order chi connectivity index (χ1) is 8.61. The molecule has 0 amide bonds. The van der Waals surface area contributed by atoms with E-state index in [1.165, 1.54) is 15.3 Å². The summed E-state index contributed by atoms with van der Waals surface area (Å²) in [4.78, 5) is 6.69. The molecule has 0 aromatic carbocycles. The lowest BCUT2D eigenvalue weighted by atomic mass is 10.2. The monoisotopic (exact) mass is 277 g/mol. The fraction of sp³-hybridized carbons (Fsp3) is 0.231. The number of hydrogen-bond acceptors (Lipinski definition) is 4. The van der Waals surface area contributed by atoms with Crippen LogP contribution >= 0.6 is 22.9 Å². The number of anilines is 1. The van der Waals surface area contributed by atoms with E-state index in [1.807, 2.05) is 6.07 Å². The molecule has 0 aliphatic carbocycles. The number of thiophene rings is 1. The molecule has 92 valence electrons. The maximum Gasteiger partial charge on any atom is 0.146 e. The Kier molecular flexibility index (Phi) is 3.85. The van der Waals surface area contributed by atoms with Gasteiger partial charge in [-0.15, -0.1) is 11.3 Å². The zero-order chi connectivity index (χ0) is 13.1. The van der Waals surface area contributed by atoms with Gasteiger partial charge in [-0.25, -0.2) is 4.98 Å². The zero-order valence-electron chi connectivity index (χ0n) is 10.1. The highest BCUT2D eigenvalue weighted by Crippen LogP contribution is 2.25. The van der Waals surface area contributed by atoms with E-state index in [1.54, 1.807) is 23.6 Å². The minimum atomic E-state index is 0.380. The normalized spacial score (nSPS) is 10.1. The van der Waals surface area contributed by atoms with Crippen molar-refractivity contribution < 1.29 is 0 Å². The van der Waals surface area contributed by atoms with Gasteiger partial charge in [0, 0.05) is 16.0 Å². The van der Waals surface area contributed by atoms with Crippen LogP contribution < -0.4 is 5.32 Å². The number of aryl methyl sites for hydroxylation is 2. The first kappa shape index (κ1) is 12.9. The van der Waals surface area contributed by atoms with E-state index in [-0.39, 0.29) is 0 Å². The molecule has 0 bridgehead atoms. The Labute approximate surface area is 115 Å². The Morgan fingerprint density at radius 3 is 2.89 bits per heavy atom. The van der Waals surface area contributed by atoms with Crippen LogP contribution in [0.1, 0.15) is 20.9 Å². The van der Waals surface area contributed by atoms with Crippen LogP contribution in [0.5, 0.6) is 0 Å². The fourth-order valence-corrected chi connectivity index (χ4v) is 2.78. The third-order valence-corrected chi connectivity index (χ3v) is 4.19. The Morgan fingerprint density at radius 1 is 1.50 bits per heavy atom. The molecule has 0 radical (unpaired) electrons. The van der Waals surface area contributed by atoms with Crippen LogP contribution in [0.2, 0.25) is 5.02 Å². The summed E-state index contributed by atoms with van der Waals surface area (Å²) in [5.74, 6) is 0.555. The molecule has 2 rings (SSSR count). The van der Waals surface area contributed by atoms with E-state index in [0.29, 0.717) is 22.9 Å². The highest BCUT2D eigenvalue weighted by molar-refractivity contribution is 7.12. The summed E-state index contributed by atoms with van der Waals surface area (Å²) in [6, 6.07) is 5.79. The number of nitriles is 1. The minimum Gasteiger partial charge on any atom is -0.364 e. The molecule has 0 aliphatic rings. The molecule has 5 heteroatoms. The molecule has 0 aliphatic heterocycles. The number of pyridine rings is 1.